The summed E-state index contributed by atoms with van der Waals surface area (Å²) < 4.78 is 24.3. The molecule has 8 heteroatoms. The van der Waals surface area contributed by atoms with E-state index in [2.05, 4.69) is 4.99 Å². The Morgan fingerprint density at radius 1 is 1.35 bits per heavy atom. The summed E-state index contributed by atoms with van der Waals surface area (Å²) in [5, 5.41) is 1.06. The summed E-state index contributed by atoms with van der Waals surface area (Å²) >= 11 is 7.59. The topological polar surface area (TPSA) is 66.8 Å². The van der Waals surface area contributed by atoms with Crippen LogP contribution in [0.3, 0.4) is 0 Å². The minimum atomic E-state index is -3.08. The number of aliphatic imine (C=N–C) groups is 1. The maximum Gasteiger partial charge on any atom is 0.251 e. The molecule has 0 unspecified atom stereocenters. The number of benzene rings is 1. The summed E-state index contributed by atoms with van der Waals surface area (Å²) in [7, 11) is -3.08. The Morgan fingerprint density at radius 2 is 2.04 bits per heavy atom. The van der Waals surface area contributed by atoms with Gasteiger partial charge in [0.15, 0.2) is 15.0 Å². The number of thioether (sulfide) groups is 1. The van der Waals surface area contributed by atoms with Crippen molar-refractivity contribution >= 4 is 50.0 Å². The summed E-state index contributed by atoms with van der Waals surface area (Å²) in [6.45, 7) is 5.91. The van der Waals surface area contributed by atoms with Gasteiger partial charge in [0.25, 0.3) is 5.91 Å². The first-order valence-electron chi connectivity index (χ1n) is 8.80. The fourth-order valence-corrected chi connectivity index (χ4v) is 7.59. The van der Waals surface area contributed by atoms with E-state index in [0.717, 1.165) is 24.1 Å². The molecule has 0 aromatic heterocycles. The highest BCUT2D eigenvalue weighted by atomic mass is 35.5. The predicted molar refractivity (Wildman–Crippen MR) is 109 cm³/mol. The number of hydrogen-bond donors (Lipinski definition) is 0. The number of rotatable bonds is 4. The Hall–Kier alpha value is -1.05. The third-order valence-electron chi connectivity index (χ3n) is 5.04. The smallest absolute Gasteiger partial charge is 0.251 e. The first kappa shape index (κ1) is 19.7. The van der Waals surface area contributed by atoms with Gasteiger partial charge in [0, 0.05) is 21.9 Å². The van der Waals surface area contributed by atoms with E-state index < -0.39 is 9.84 Å². The number of aryl methyl sites for hydroxylation is 1. The van der Waals surface area contributed by atoms with Crippen LogP contribution in [-0.2, 0) is 14.6 Å². The van der Waals surface area contributed by atoms with Gasteiger partial charge in [-0.25, -0.2) is 8.42 Å². The number of fused-ring (bicyclic) bond motifs is 1. The zero-order valence-corrected chi connectivity index (χ0v) is 17.5. The molecule has 2 aliphatic rings. The van der Waals surface area contributed by atoms with E-state index in [1.54, 1.807) is 6.07 Å². The van der Waals surface area contributed by atoms with Crippen LogP contribution in [0, 0.1) is 12.8 Å². The lowest BCUT2D eigenvalue weighted by Crippen LogP contribution is -2.38. The summed E-state index contributed by atoms with van der Waals surface area (Å²) in [6, 6.07) is 5.32. The number of halogens is 1. The first-order chi connectivity index (χ1) is 12.3. The van der Waals surface area contributed by atoms with Crippen molar-refractivity contribution in [3.8, 4) is 0 Å². The SMILES string of the molecule is CCC(CC)C(=O)N=C1S[C@H]2CS(=O)(=O)C[C@H]2N1c1cc(Cl)ccc1C. The highest BCUT2D eigenvalue weighted by Gasteiger charge is 2.49. The second-order valence-corrected chi connectivity index (χ2v) is 10.6. The van der Waals surface area contributed by atoms with E-state index >= 15 is 0 Å². The van der Waals surface area contributed by atoms with E-state index in [1.807, 2.05) is 37.8 Å². The van der Waals surface area contributed by atoms with Crippen molar-refractivity contribution in [1.82, 2.24) is 0 Å². The number of anilines is 1. The van der Waals surface area contributed by atoms with Crippen molar-refractivity contribution in [2.45, 2.75) is 44.9 Å². The van der Waals surface area contributed by atoms with Crippen LogP contribution in [0.15, 0.2) is 23.2 Å². The van der Waals surface area contributed by atoms with Gasteiger partial charge in [0.1, 0.15) is 0 Å². The van der Waals surface area contributed by atoms with Gasteiger partial charge >= 0.3 is 0 Å². The van der Waals surface area contributed by atoms with E-state index in [1.165, 1.54) is 11.8 Å². The molecule has 2 saturated heterocycles. The highest BCUT2D eigenvalue weighted by molar-refractivity contribution is 8.16. The molecule has 0 radical (unpaired) electrons. The number of carbonyl (C=O) groups is 1. The number of nitrogens with zero attached hydrogens (tertiary/aromatic N) is 2. The van der Waals surface area contributed by atoms with Crippen molar-refractivity contribution in [2.75, 3.05) is 16.4 Å². The summed E-state index contributed by atoms with van der Waals surface area (Å²) in [5.74, 6) is -0.0366. The fourth-order valence-electron chi connectivity index (χ4n) is 3.51. The molecule has 1 aromatic rings. The van der Waals surface area contributed by atoms with Crippen LogP contribution in [0.25, 0.3) is 0 Å². The number of carbonyl (C=O) groups excluding carboxylic acids is 1. The van der Waals surface area contributed by atoms with Gasteiger partial charge in [-0.05, 0) is 37.5 Å². The average Bonchev–Trinajstić information content (AvgIpc) is 3.02. The third-order valence-corrected chi connectivity index (χ3v) is 8.48. The van der Waals surface area contributed by atoms with Crippen LogP contribution >= 0.6 is 23.4 Å². The molecule has 1 aromatic carbocycles. The second-order valence-electron chi connectivity index (χ2n) is 6.85. The molecule has 0 bridgehead atoms. The zero-order chi connectivity index (χ0) is 19.1. The van der Waals surface area contributed by atoms with Crippen molar-refractivity contribution in [3.05, 3.63) is 28.8 Å². The monoisotopic (exact) mass is 414 g/mol. The Bertz CT molecular complexity index is 850. The van der Waals surface area contributed by atoms with Gasteiger partial charge < -0.3 is 4.90 Å². The number of amidine groups is 1. The largest absolute Gasteiger partial charge is 0.315 e. The minimum Gasteiger partial charge on any atom is -0.315 e. The summed E-state index contributed by atoms with van der Waals surface area (Å²) in [6.07, 6.45) is 1.49. The maximum atomic E-state index is 12.6. The molecule has 2 fully saturated rings. The van der Waals surface area contributed by atoms with Gasteiger partial charge in [0.2, 0.25) is 0 Å². The molecule has 2 aliphatic heterocycles. The van der Waals surface area contributed by atoms with Crippen molar-refractivity contribution in [1.29, 1.82) is 0 Å². The average molecular weight is 415 g/mol. The number of amides is 1. The third kappa shape index (κ3) is 3.80. The summed E-state index contributed by atoms with van der Waals surface area (Å²) in [5.41, 5.74) is 1.80. The molecule has 0 N–H and O–H groups in total. The molecule has 0 spiro atoms. The molecular weight excluding hydrogens is 392 g/mol. The molecule has 1 amide bonds. The Labute approximate surface area is 164 Å². The first-order valence-corrected chi connectivity index (χ1v) is 11.9. The van der Waals surface area contributed by atoms with Crippen LogP contribution in [-0.4, -0.2) is 42.3 Å². The van der Waals surface area contributed by atoms with Crippen LogP contribution < -0.4 is 4.90 Å². The summed E-state index contributed by atoms with van der Waals surface area (Å²) in [4.78, 5) is 18.9. The highest BCUT2D eigenvalue weighted by Crippen LogP contribution is 2.42. The second kappa shape index (κ2) is 7.52. The zero-order valence-electron chi connectivity index (χ0n) is 15.1. The lowest BCUT2D eigenvalue weighted by Gasteiger charge is -2.26. The molecule has 26 heavy (non-hydrogen) atoms. The van der Waals surface area contributed by atoms with Gasteiger partial charge in [-0.3, -0.25) is 4.79 Å². The fraction of sp³-hybridized carbons (Fsp3) is 0.556. The molecule has 2 atom stereocenters. The van der Waals surface area contributed by atoms with Crippen LogP contribution in [0.4, 0.5) is 5.69 Å². The normalized spacial score (nSPS) is 25.9. The number of sulfone groups is 1. The maximum absolute atomic E-state index is 12.6. The van der Waals surface area contributed by atoms with Gasteiger partial charge in [0.05, 0.1) is 17.5 Å². The van der Waals surface area contributed by atoms with Crippen LogP contribution in [0.2, 0.25) is 5.02 Å². The van der Waals surface area contributed by atoms with Gasteiger partial charge in [-0.15, -0.1) is 0 Å². The van der Waals surface area contributed by atoms with Crippen LogP contribution in [0.1, 0.15) is 32.3 Å². The van der Waals surface area contributed by atoms with E-state index in [0.29, 0.717) is 10.2 Å². The van der Waals surface area contributed by atoms with Gasteiger partial charge in [-0.1, -0.05) is 43.3 Å². The van der Waals surface area contributed by atoms with Crippen LogP contribution in [0.5, 0.6) is 0 Å². The van der Waals surface area contributed by atoms with E-state index in [4.69, 9.17) is 11.6 Å². The predicted octanol–water partition coefficient (Wildman–Crippen LogP) is 3.69. The molecule has 0 aliphatic carbocycles. The Morgan fingerprint density at radius 3 is 2.69 bits per heavy atom. The molecule has 0 saturated carbocycles. The molecule has 5 nitrogen and oxygen atoms in total. The standard InChI is InChI=1S/C18H23ClN2O3S2/c1-4-12(5-2)17(22)20-18-21(14-8-13(19)7-6-11(14)3)15-9-26(23,24)10-16(15)25-18/h6-8,12,15-16H,4-5,9-10H2,1-3H3/t15-,16+/m1/s1. The van der Waals surface area contributed by atoms with E-state index in [-0.39, 0.29) is 34.6 Å². The van der Waals surface area contributed by atoms with Crippen molar-refractivity contribution < 1.29 is 13.2 Å². The number of hydrogen-bond acceptors (Lipinski definition) is 4. The van der Waals surface area contributed by atoms with E-state index in [9.17, 15) is 13.2 Å². The van der Waals surface area contributed by atoms with Crippen molar-refractivity contribution in [2.24, 2.45) is 10.9 Å². The molecule has 2 heterocycles. The Balaban J connectivity index is 2.04. The molecule has 142 valence electrons. The van der Waals surface area contributed by atoms with Gasteiger partial charge in [-0.2, -0.15) is 4.99 Å². The lowest BCUT2D eigenvalue weighted by atomic mass is 10.0. The lowest BCUT2D eigenvalue weighted by molar-refractivity contribution is -0.121. The minimum absolute atomic E-state index is 0.0782. The van der Waals surface area contributed by atoms with Crippen molar-refractivity contribution in [3.63, 3.8) is 0 Å². The molecular formula is C18H23ClN2O3S2. The quantitative estimate of drug-likeness (QED) is 0.751. The Kier molecular flexibility index (Phi) is 5.70. The molecule has 3 rings (SSSR count).